The Kier molecular flexibility index (Phi) is 7.54. The zero-order chi connectivity index (χ0) is 20.4. The van der Waals surface area contributed by atoms with Crippen molar-refractivity contribution in [1.29, 1.82) is 0 Å². The molecular weight excluding hydrogens is 570 g/mol. The smallest absolute Gasteiger partial charge is 0.307 e. The molecule has 0 heterocycles. The van der Waals surface area contributed by atoms with E-state index >= 15 is 0 Å². The van der Waals surface area contributed by atoms with E-state index in [4.69, 9.17) is 14.6 Å². The third kappa shape index (κ3) is 5.57. The molecule has 0 bridgehead atoms. The van der Waals surface area contributed by atoms with Crippen molar-refractivity contribution >= 4 is 51.2 Å². The van der Waals surface area contributed by atoms with E-state index in [-0.39, 0.29) is 12.0 Å². The second-order valence-electron chi connectivity index (χ2n) is 6.94. The molecule has 0 saturated heterocycles. The van der Waals surface area contributed by atoms with Crippen LogP contribution in [-0.4, -0.2) is 17.7 Å². The number of carboxylic acids is 1. The summed E-state index contributed by atoms with van der Waals surface area (Å²) in [6.07, 6.45) is 0.00926. The Morgan fingerprint density at radius 3 is 2.26 bits per heavy atom. The number of rotatable bonds is 7. The van der Waals surface area contributed by atoms with Crippen molar-refractivity contribution in [3.8, 4) is 11.5 Å². The fraction of sp³-hybridized carbons (Fsp3) is 0.381. The predicted octanol–water partition coefficient (Wildman–Crippen LogP) is 6.20. The van der Waals surface area contributed by atoms with Gasteiger partial charge in [-0.25, -0.2) is 0 Å². The summed E-state index contributed by atoms with van der Waals surface area (Å²) in [5, 5.41) is 9.00. The molecule has 146 valence electrons. The SMILES string of the molecule is CCOC(C)(C)c1c(C)cc(Oc2c(C)cc(CC(=O)O)cc2I)cc1I. The Labute approximate surface area is 187 Å². The van der Waals surface area contributed by atoms with E-state index in [2.05, 4.69) is 66.0 Å². The van der Waals surface area contributed by atoms with Crippen LogP contribution < -0.4 is 4.74 Å². The zero-order valence-corrected chi connectivity index (χ0v) is 20.5. The number of aryl methyl sites for hydroxylation is 2. The lowest BCUT2D eigenvalue weighted by Crippen LogP contribution is -2.24. The van der Waals surface area contributed by atoms with Crippen molar-refractivity contribution in [2.45, 2.75) is 46.6 Å². The van der Waals surface area contributed by atoms with Crippen LogP contribution in [0.25, 0.3) is 0 Å². The molecule has 0 aliphatic carbocycles. The van der Waals surface area contributed by atoms with Crippen LogP contribution >= 0.6 is 45.2 Å². The average molecular weight is 594 g/mol. The Morgan fingerprint density at radius 1 is 1.07 bits per heavy atom. The number of carboxylic acid groups (broad SMARTS) is 1. The molecule has 27 heavy (non-hydrogen) atoms. The van der Waals surface area contributed by atoms with E-state index in [0.29, 0.717) is 6.61 Å². The molecule has 0 spiro atoms. The quantitative estimate of drug-likeness (QED) is 0.388. The zero-order valence-electron chi connectivity index (χ0n) is 16.2. The van der Waals surface area contributed by atoms with Crippen molar-refractivity contribution in [2.75, 3.05) is 6.61 Å². The van der Waals surface area contributed by atoms with Crippen LogP contribution in [0.1, 0.15) is 43.0 Å². The highest BCUT2D eigenvalue weighted by Crippen LogP contribution is 2.37. The molecule has 0 aliphatic rings. The summed E-state index contributed by atoms with van der Waals surface area (Å²) in [6.45, 7) is 10.8. The van der Waals surface area contributed by atoms with E-state index in [1.165, 1.54) is 5.56 Å². The summed E-state index contributed by atoms with van der Waals surface area (Å²) in [5.74, 6) is 0.688. The van der Waals surface area contributed by atoms with E-state index in [9.17, 15) is 4.79 Å². The second-order valence-corrected chi connectivity index (χ2v) is 9.26. The molecule has 1 N–H and O–H groups in total. The van der Waals surface area contributed by atoms with Crippen LogP contribution in [-0.2, 0) is 21.6 Å². The summed E-state index contributed by atoms with van der Waals surface area (Å²) in [7, 11) is 0. The van der Waals surface area contributed by atoms with Gasteiger partial charge in [0.2, 0.25) is 0 Å². The van der Waals surface area contributed by atoms with Gasteiger partial charge in [-0.1, -0.05) is 6.07 Å². The molecule has 0 radical (unpaired) electrons. The molecule has 2 aromatic carbocycles. The van der Waals surface area contributed by atoms with Crippen LogP contribution in [0.3, 0.4) is 0 Å². The number of aliphatic carboxylic acids is 1. The molecule has 6 heteroatoms. The minimum Gasteiger partial charge on any atom is -0.481 e. The van der Waals surface area contributed by atoms with Gasteiger partial charge in [0.15, 0.2) is 0 Å². The molecule has 0 atom stereocenters. The molecule has 2 aromatic rings. The van der Waals surface area contributed by atoms with Gasteiger partial charge < -0.3 is 14.6 Å². The first-order valence-corrected chi connectivity index (χ1v) is 10.8. The van der Waals surface area contributed by atoms with E-state index in [0.717, 1.165) is 35.3 Å². The maximum absolute atomic E-state index is 11.0. The lowest BCUT2D eigenvalue weighted by Gasteiger charge is -2.28. The fourth-order valence-corrected chi connectivity index (χ4v) is 5.61. The predicted molar refractivity (Wildman–Crippen MR) is 124 cm³/mol. The third-order valence-corrected chi connectivity index (χ3v) is 5.88. The second kappa shape index (κ2) is 9.09. The molecule has 2 rings (SSSR count). The summed E-state index contributed by atoms with van der Waals surface area (Å²) in [6, 6.07) is 7.78. The van der Waals surface area contributed by atoms with Gasteiger partial charge in [-0.05, 0) is 120 Å². The lowest BCUT2D eigenvalue weighted by molar-refractivity contribution is -0.136. The highest BCUT2D eigenvalue weighted by atomic mass is 127. The Bertz CT molecular complexity index is 813. The average Bonchev–Trinajstić information content (AvgIpc) is 2.49. The molecule has 0 saturated carbocycles. The molecule has 0 fully saturated rings. The number of carbonyl (C=O) groups is 1. The van der Waals surface area contributed by atoms with Gasteiger partial charge in [-0.3, -0.25) is 4.79 Å². The first-order chi connectivity index (χ1) is 12.5. The number of hydrogen-bond acceptors (Lipinski definition) is 3. The highest BCUT2D eigenvalue weighted by molar-refractivity contribution is 14.1. The van der Waals surface area contributed by atoms with Crippen molar-refractivity contribution in [1.82, 2.24) is 0 Å². The summed E-state index contributed by atoms with van der Waals surface area (Å²) >= 11 is 4.52. The van der Waals surface area contributed by atoms with Crippen molar-refractivity contribution in [3.63, 3.8) is 0 Å². The molecule has 0 aliphatic heterocycles. The first kappa shape index (κ1) is 22.4. The van der Waals surface area contributed by atoms with E-state index in [1.807, 2.05) is 38.1 Å². The van der Waals surface area contributed by atoms with Crippen LogP contribution in [0.15, 0.2) is 24.3 Å². The monoisotopic (exact) mass is 594 g/mol. The van der Waals surface area contributed by atoms with E-state index in [1.54, 1.807) is 0 Å². The minimum atomic E-state index is -0.837. The van der Waals surface area contributed by atoms with Crippen LogP contribution in [0.2, 0.25) is 0 Å². The van der Waals surface area contributed by atoms with E-state index < -0.39 is 5.97 Å². The maximum Gasteiger partial charge on any atom is 0.307 e. The number of benzene rings is 2. The number of halogens is 2. The molecular formula is C21H24I2O4. The van der Waals surface area contributed by atoms with Crippen LogP contribution in [0, 0.1) is 21.0 Å². The summed E-state index contributed by atoms with van der Waals surface area (Å²) in [4.78, 5) is 11.0. The first-order valence-electron chi connectivity index (χ1n) is 8.68. The summed E-state index contributed by atoms with van der Waals surface area (Å²) in [5.41, 5.74) is 3.61. The van der Waals surface area contributed by atoms with Gasteiger partial charge in [-0.2, -0.15) is 0 Å². The molecule has 0 aromatic heterocycles. The Morgan fingerprint density at radius 2 is 1.74 bits per heavy atom. The molecule has 0 unspecified atom stereocenters. The Hall–Kier alpha value is -0.870. The largest absolute Gasteiger partial charge is 0.481 e. The molecule has 4 nitrogen and oxygen atoms in total. The standard InChI is InChI=1S/C21H24I2O4/c1-6-26-21(4,5)19-12(2)8-15(11-16(19)22)27-20-13(3)7-14(9-17(20)23)10-18(24)25/h7-9,11H,6,10H2,1-5H3,(H,24,25). The minimum absolute atomic E-state index is 0.00926. The fourth-order valence-electron chi connectivity index (χ4n) is 3.29. The highest BCUT2D eigenvalue weighted by Gasteiger charge is 2.26. The van der Waals surface area contributed by atoms with Gasteiger partial charge in [0.1, 0.15) is 11.5 Å². The van der Waals surface area contributed by atoms with Crippen LogP contribution in [0.5, 0.6) is 11.5 Å². The normalized spacial score (nSPS) is 11.5. The van der Waals surface area contributed by atoms with Gasteiger partial charge >= 0.3 is 5.97 Å². The number of hydrogen-bond donors (Lipinski definition) is 1. The van der Waals surface area contributed by atoms with Gasteiger partial charge in [0.05, 0.1) is 15.6 Å². The topological polar surface area (TPSA) is 55.8 Å². The maximum atomic E-state index is 11.0. The van der Waals surface area contributed by atoms with Gasteiger partial charge in [0, 0.05) is 10.2 Å². The van der Waals surface area contributed by atoms with Crippen molar-refractivity contribution in [3.05, 3.63) is 53.7 Å². The van der Waals surface area contributed by atoms with Gasteiger partial charge in [-0.15, -0.1) is 0 Å². The lowest BCUT2D eigenvalue weighted by atomic mass is 9.93. The molecule has 0 amide bonds. The van der Waals surface area contributed by atoms with Crippen LogP contribution in [0.4, 0.5) is 0 Å². The number of ether oxygens (including phenoxy) is 2. The van der Waals surface area contributed by atoms with Crippen molar-refractivity contribution in [2.24, 2.45) is 0 Å². The third-order valence-electron chi connectivity index (χ3n) is 4.23. The van der Waals surface area contributed by atoms with Crippen molar-refractivity contribution < 1.29 is 19.4 Å². The summed E-state index contributed by atoms with van der Waals surface area (Å²) < 4.78 is 14.1. The van der Waals surface area contributed by atoms with Gasteiger partial charge in [0.25, 0.3) is 0 Å². The Balaban J connectivity index is 2.38.